The van der Waals surface area contributed by atoms with Gasteiger partial charge < -0.3 is 10.0 Å². The Bertz CT molecular complexity index is 186. The summed E-state index contributed by atoms with van der Waals surface area (Å²) in [5.41, 5.74) is 0. The zero-order valence-corrected chi connectivity index (χ0v) is 7.96. The van der Waals surface area contributed by atoms with Crippen molar-refractivity contribution in [3.05, 3.63) is 12.7 Å². The monoisotopic (exact) mass is 207 g/mol. The largest absolute Gasteiger partial charge is 0.395 e. The van der Waals surface area contributed by atoms with Gasteiger partial charge >= 0.3 is 0 Å². The standard InChI is InChI=1S/C9H15F2NO2/c1-2-3-4-9(14)12(5-6-13)7-8(10)11/h2,8,13H,1,3-7H2. The van der Waals surface area contributed by atoms with Crippen LogP contribution in [0.2, 0.25) is 0 Å². The zero-order valence-electron chi connectivity index (χ0n) is 7.96. The zero-order chi connectivity index (χ0) is 11.0. The molecule has 1 amide bonds. The smallest absolute Gasteiger partial charge is 0.255 e. The van der Waals surface area contributed by atoms with E-state index in [1.165, 1.54) is 0 Å². The van der Waals surface area contributed by atoms with Crippen molar-refractivity contribution in [2.75, 3.05) is 19.7 Å². The summed E-state index contributed by atoms with van der Waals surface area (Å²) in [6.45, 7) is 2.48. The Labute approximate surface area is 82.0 Å². The molecule has 0 aliphatic heterocycles. The summed E-state index contributed by atoms with van der Waals surface area (Å²) in [4.78, 5) is 12.2. The maximum atomic E-state index is 12.0. The molecule has 0 radical (unpaired) electrons. The van der Waals surface area contributed by atoms with Crippen LogP contribution in [-0.4, -0.2) is 42.0 Å². The Morgan fingerprint density at radius 1 is 1.57 bits per heavy atom. The summed E-state index contributed by atoms with van der Waals surface area (Å²) in [5, 5.41) is 8.56. The lowest BCUT2D eigenvalue weighted by Crippen LogP contribution is -2.37. The first-order valence-electron chi connectivity index (χ1n) is 4.39. The lowest BCUT2D eigenvalue weighted by atomic mass is 10.2. The lowest BCUT2D eigenvalue weighted by molar-refractivity contribution is -0.133. The second-order valence-electron chi connectivity index (χ2n) is 2.78. The van der Waals surface area contributed by atoms with E-state index in [2.05, 4.69) is 6.58 Å². The second kappa shape index (κ2) is 7.44. The van der Waals surface area contributed by atoms with Crippen LogP contribution in [0.1, 0.15) is 12.8 Å². The van der Waals surface area contributed by atoms with E-state index >= 15 is 0 Å². The third-order valence-corrected chi connectivity index (χ3v) is 1.64. The summed E-state index contributed by atoms with van der Waals surface area (Å²) in [5.74, 6) is -0.376. The fraction of sp³-hybridized carbons (Fsp3) is 0.667. The number of aliphatic hydroxyl groups excluding tert-OH is 1. The molecule has 0 unspecified atom stereocenters. The SMILES string of the molecule is C=CCCC(=O)N(CCO)CC(F)F. The maximum Gasteiger partial charge on any atom is 0.255 e. The van der Waals surface area contributed by atoms with Gasteiger partial charge in [-0.25, -0.2) is 8.78 Å². The summed E-state index contributed by atoms with van der Waals surface area (Å²) in [6, 6.07) is 0. The Hall–Kier alpha value is -0.970. The van der Waals surface area contributed by atoms with Crippen molar-refractivity contribution in [3.8, 4) is 0 Å². The van der Waals surface area contributed by atoms with Crippen molar-refractivity contribution in [2.45, 2.75) is 19.3 Å². The van der Waals surface area contributed by atoms with Gasteiger partial charge in [0.15, 0.2) is 0 Å². The third kappa shape index (κ3) is 5.64. The number of carbonyl (C=O) groups is 1. The molecule has 0 rings (SSSR count). The van der Waals surface area contributed by atoms with E-state index in [0.29, 0.717) is 6.42 Å². The normalized spacial score (nSPS) is 10.3. The van der Waals surface area contributed by atoms with Crippen LogP contribution in [0, 0.1) is 0 Å². The van der Waals surface area contributed by atoms with Gasteiger partial charge in [0.2, 0.25) is 5.91 Å². The summed E-state index contributed by atoms with van der Waals surface area (Å²) < 4.78 is 24.0. The van der Waals surface area contributed by atoms with Crippen LogP contribution in [0.15, 0.2) is 12.7 Å². The van der Waals surface area contributed by atoms with E-state index in [4.69, 9.17) is 5.11 Å². The minimum Gasteiger partial charge on any atom is -0.395 e. The highest BCUT2D eigenvalue weighted by atomic mass is 19.3. The van der Waals surface area contributed by atoms with Crippen molar-refractivity contribution < 1.29 is 18.7 Å². The van der Waals surface area contributed by atoms with Crippen molar-refractivity contribution in [1.29, 1.82) is 0 Å². The van der Waals surface area contributed by atoms with Crippen LogP contribution in [0.3, 0.4) is 0 Å². The highest BCUT2D eigenvalue weighted by molar-refractivity contribution is 5.76. The summed E-state index contributed by atoms with van der Waals surface area (Å²) >= 11 is 0. The molecular weight excluding hydrogens is 192 g/mol. The number of amides is 1. The molecule has 0 fully saturated rings. The van der Waals surface area contributed by atoms with Gasteiger partial charge in [-0.2, -0.15) is 0 Å². The molecule has 1 N–H and O–H groups in total. The highest BCUT2D eigenvalue weighted by Gasteiger charge is 2.16. The number of aliphatic hydroxyl groups is 1. The average Bonchev–Trinajstić information content (AvgIpc) is 2.13. The Morgan fingerprint density at radius 2 is 2.21 bits per heavy atom. The molecule has 0 aliphatic rings. The topological polar surface area (TPSA) is 40.5 Å². The molecule has 0 aromatic carbocycles. The molecule has 0 heterocycles. The molecule has 0 spiro atoms. The highest BCUT2D eigenvalue weighted by Crippen LogP contribution is 2.02. The van der Waals surface area contributed by atoms with Gasteiger partial charge in [0, 0.05) is 13.0 Å². The van der Waals surface area contributed by atoms with Crippen LogP contribution in [0.25, 0.3) is 0 Å². The van der Waals surface area contributed by atoms with Crippen LogP contribution in [-0.2, 0) is 4.79 Å². The minimum absolute atomic E-state index is 0.0414. The van der Waals surface area contributed by atoms with Gasteiger partial charge in [-0.15, -0.1) is 6.58 Å². The Balaban J connectivity index is 4.03. The van der Waals surface area contributed by atoms with E-state index in [9.17, 15) is 13.6 Å². The molecule has 5 heteroatoms. The predicted octanol–water partition coefficient (Wildman–Crippen LogP) is 1.04. The molecule has 0 bridgehead atoms. The van der Waals surface area contributed by atoms with Crippen molar-refractivity contribution in [3.63, 3.8) is 0 Å². The Morgan fingerprint density at radius 3 is 2.64 bits per heavy atom. The van der Waals surface area contributed by atoms with Gasteiger partial charge in [0.05, 0.1) is 13.2 Å². The van der Waals surface area contributed by atoms with Gasteiger partial charge in [0.25, 0.3) is 6.43 Å². The summed E-state index contributed by atoms with van der Waals surface area (Å²) in [7, 11) is 0. The van der Waals surface area contributed by atoms with E-state index in [1.54, 1.807) is 6.08 Å². The van der Waals surface area contributed by atoms with Gasteiger partial charge in [-0.05, 0) is 6.42 Å². The third-order valence-electron chi connectivity index (χ3n) is 1.64. The molecule has 14 heavy (non-hydrogen) atoms. The van der Waals surface area contributed by atoms with Crippen LogP contribution >= 0.6 is 0 Å². The van der Waals surface area contributed by atoms with Crippen molar-refractivity contribution in [2.24, 2.45) is 0 Å². The fourth-order valence-corrected chi connectivity index (χ4v) is 0.989. The quantitative estimate of drug-likeness (QED) is 0.634. The number of alkyl halides is 2. The number of nitrogens with zero attached hydrogens (tertiary/aromatic N) is 1. The van der Waals surface area contributed by atoms with Crippen LogP contribution in [0.5, 0.6) is 0 Å². The van der Waals surface area contributed by atoms with E-state index in [1.807, 2.05) is 0 Å². The number of carbonyl (C=O) groups excluding carboxylic acids is 1. The fourth-order valence-electron chi connectivity index (χ4n) is 0.989. The molecule has 0 saturated heterocycles. The molecule has 0 atom stereocenters. The van der Waals surface area contributed by atoms with Gasteiger partial charge in [0.1, 0.15) is 0 Å². The number of hydrogen-bond donors (Lipinski definition) is 1. The molecule has 0 aromatic heterocycles. The average molecular weight is 207 g/mol. The number of rotatable bonds is 7. The summed E-state index contributed by atoms with van der Waals surface area (Å²) in [6.07, 6.45) is -0.383. The number of halogens is 2. The lowest BCUT2D eigenvalue weighted by Gasteiger charge is -2.20. The molecule has 3 nitrogen and oxygen atoms in total. The molecule has 82 valence electrons. The first kappa shape index (κ1) is 13.0. The minimum atomic E-state index is -2.56. The maximum absolute atomic E-state index is 12.0. The van der Waals surface area contributed by atoms with Crippen molar-refractivity contribution >= 4 is 5.91 Å². The number of allylic oxidation sites excluding steroid dienone is 1. The van der Waals surface area contributed by atoms with Gasteiger partial charge in [-0.1, -0.05) is 6.08 Å². The molecular formula is C9H15F2NO2. The van der Waals surface area contributed by atoms with Gasteiger partial charge in [-0.3, -0.25) is 4.79 Å². The van der Waals surface area contributed by atoms with E-state index < -0.39 is 13.0 Å². The molecule has 0 saturated carbocycles. The predicted molar refractivity (Wildman–Crippen MR) is 49.1 cm³/mol. The second-order valence-corrected chi connectivity index (χ2v) is 2.78. The Kier molecular flexibility index (Phi) is 6.92. The van der Waals surface area contributed by atoms with Crippen LogP contribution in [0.4, 0.5) is 8.78 Å². The van der Waals surface area contributed by atoms with Crippen molar-refractivity contribution in [1.82, 2.24) is 4.90 Å². The first-order valence-corrected chi connectivity index (χ1v) is 4.39. The first-order chi connectivity index (χ1) is 6.61. The van der Waals surface area contributed by atoms with Crippen LogP contribution < -0.4 is 0 Å². The molecule has 0 aromatic rings. The molecule has 0 aliphatic carbocycles. The number of hydrogen-bond acceptors (Lipinski definition) is 2. The van der Waals surface area contributed by atoms with E-state index in [-0.39, 0.29) is 25.5 Å². The van der Waals surface area contributed by atoms with E-state index in [0.717, 1.165) is 4.90 Å².